The van der Waals surface area contributed by atoms with E-state index in [1.54, 1.807) is 25.1 Å². The van der Waals surface area contributed by atoms with Crippen LogP contribution in [-0.2, 0) is 14.3 Å². The molecule has 26 heavy (non-hydrogen) atoms. The number of hydrogen-bond donors (Lipinski definition) is 2. The minimum atomic E-state index is -0.954. The Labute approximate surface area is 160 Å². The maximum absolute atomic E-state index is 11.7. The summed E-state index contributed by atoms with van der Waals surface area (Å²) in [6, 6.07) is 6.93. The molecule has 1 unspecified atom stereocenters. The second-order valence-corrected chi connectivity index (χ2v) is 6.11. The smallest absolute Gasteiger partial charge is 0.437 e. The molecule has 0 aromatic heterocycles. The van der Waals surface area contributed by atoms with Crippen molar-refractivity contribution >= 4 is 35.3 Å². The average Bonchev–Trinajstić information content (AvgIpc) is 2.58. The van der Waals surface area contributed by atoms with E-state index in [0.717, 1.165) is 0 Å². The summed E-state index contributed by atoms with van der Waals surface area (Å²) in [5, 5.41) is 15.6. The standard InChI is InChI=1S/C17H15Cl2N3O4/c1-8-15(26-17(24)25-3)13(10-5-4-6-12(18)14(10)19)11(7-20)16(21-8)22-9(2)23/h4-6,13,21H,1-3H3,(H,22,23). The molecule has 1 aliphatic rings. The molecule has 0 aliphatic carbocycles. The molecule has 9 heteroatoms. The molecule has 0 fully saturated rings. The molecule has 2 N–H and O–H groups in total. The Bertz CT molecular complexity index is 871. The van der Waals surface area contributed by atoms with Gasteiger partial charge in [-0.25, -0.2) is 4.79 Å². The van der Waals surface area contributed by atoms with Crippen LogP contribution in [0.4, 0.5) is 4.79 Å². The number of allylic oxidation sites excluding steroid dienone is 2. The summed E-state index contributed by atoms with van der Waals surface area (Å²) < 4.78 is 9.81. The summed E-state index contributed by atoms with van der Waals surface area (Å²) in [6.07, 6.45) is -0.954. The van der Waals surface area contributed by atoms with E-state index in [-0.39, 0.29) is 33.1 Å². The molecule has 0 saturated carbocycles. The number of nitrogens with zero attached hydrogens (tertiary/aromatic N) is 1. The van der Waals surface area contributed by atoms with Gasteiger partial charge in [-0.1, -0.05) is 35.3 Å². The van der Waals surface area contributed by atoms with E-state index in [4.69, 9.17) is 27.9 Å². The number of carbonyl (C=O) groups excluding carboxylic acids is 2. The number of nitriles is 1. The predicted molar refractivity (Wildman–Crippen MR) is 95.0 cm³/mol. The van der Waals surface area contributed by atoms with Crippen LogP contribution in [-0.4, -0.2) is 19.2 Å². The molecular weight excluding hydrogens is 381 g/mol. The zero-order chi connectivity index (χ0) is 19.4. The highest BCUT2D eigenvalue weighted by Crippen LogP contribution is 2.42. The van der Waals surface area contributed by atoms with E-state index >= 15 is 0 Å². The number of rotatable bonds is 3. The fourth-order valence-corrected chi connectivity index (χ4v) is 2.93. The molecule has 136 valence electrons. The lowest BCUT2D eigenvalue weighted by molar-refractivity contribution is -0.118. The zero-order valence-electron chi connectivity index (χ0n) is 14.1. The third-order valence-electron chi connectivity index (χ3n) is 3.58. The molecule has 2 rings (SSSR count). The third kappa shape index (κ3) is 3.93. The van der Waals surface area contributed by atoms with Crippen LogP contribution in [0.3, 0.4) is 0 Å². The first-order valence-electron chi connectivity index (χ1n) is 7.39. The minimum Gasteiger partial charge on any atom is -0.437 e. The Morgan fingerprint density at radius 3 is 2.62 bits per heavy atom. The second kappa shape index (κ2) is 8.13. The van der Waals surface area contributed by atoms with E-state index < -0.39 is 12.1 Å². The number of ether oxygens (including phenoxy) is 2. The van der Waals surface area contributed by atoms with Crippen LogP contribution in [0.2, 0.25) is 10.0 Å². The number of dihydropyridines is 1. The number of nitrogens with one attached hydrogen (secondary N) is 2. The van der Waals surface area contributed by atoms with Gasteiger partial charge >= 0.3 is 6.16 Å². The van der Waals surface area contributed by atoms with Gasteiger partial charge in [-0.2, -0.15) is 5.26 Å². The van der Waals surface area contributed by atoms with Gasteiger partial charge in [0.15, 0.2) is 0 Å². The van der Waals surface area contributed by atoms with Gasteiger partial charge in [0.25, 0.3) is 0 Å². The monoisotopic (exact) mass is 395 g/mol. The lowest BCUT2D eigenvalue weighted by atomic mass is 9.86. The molecule has 7 nitrogen and oxygen atoms in total. The van der Waals surface area contributed by atoms with Gasteiger partial charge in [0.1, 0.15) is 11.6 Å². The van der Waals surface area contributed by atoms with Crippen LogP contribution in [0.5, 0.6) is 0 Å². The molecular formula is C17H15Cl2N3O4. The van der Waals surface area contributed by atoms with E-state index in [9.17, 15) is 14.9 Å². The van der Waals surface area contributed by atoms with Crippen molar-refractivity contribution in [3.8, 4) is 6.07 Å². The molecule has 1 aliphatic heterocycles. The fraction of sp³-hybridized carbons (Fsp3) is 0.235. The highest BCUT2D eigenvalue weighted by atomic mass is 35.5. The first-order chi connectivity index (χ1) is 12.3. The molecule has 1 atom stereocenters. The fourth-order valence-electron chi connectivity index (χ4n) is 2.51. The zero-order valence-corrected chi connectivity index (χ0v) is 15.7. The first kappa shape index (κ1) is 19.6. The maximum Gasteiger partial charge on any atom is 0.513 e. The van der Waals surface area contributed by atoms with Crippen molar-refractivity contribution in [1.82, 2.24) is 10.6 Å². The number of halogens is 2. The van der Waals surface area contributed by atoms with Gasteiger partial charge in [0.2, 0.25) is 5.91 Å². The summed E-state index contributed by atoms with van der Waals surface area (Å²) in [4.78, 5) is 23.2. The molecule has 1 aromatic rings. The first-order valence-corrected chi connectivity index (χ1v) is 8.15. The quantitative estimate of drug-likeness (QED) is 0.758. The van der Waals surface area contributed by atoms with E-state index in [1.807, 2.05) is 6.07 Å². The topological polar surface area (TPSA) is 100 Å². The molecule has 0 radical (unpaired) electrons. The third-order valence-corrected chi connectivity index (χ3v) is 4.41. The van der Waals surface area contributed by atoms with Gasteiger partial charge < -0.3 is 20.1 Å². The Morgan fingerprint density at radius 2 is 2.04 bits per heavy atom. The summed E-state index contributed by atoms with van der Waals surface area (Å²) in [5.41, 5.74) is 0.950. The van der Waals surface area contributed by atoms with Crippen molar-refractivity contribution in [2.45, 2.75) is 19.8 Å². The van der Waals surface area contributed by atoms with Gasteiger partial charge in [0.05, 0.1) is 40.4 Å². The van der Waals surface area contributed by atoms with Crippen LogP contribution in [0, 0.1) is 11.3 Å². The Hall–Kier alpha value is -2.69. The Balaban J connectivity index is 2.69. The van der Waals surface area contributed by atoms with Crippen molar-refractivity contribution in [2.24, 2.45) is 0 Å². The van der Waals surface area contributed by atoms with E-state index in [0.29, 0.717) is 11.3 Å². The summed E-state index contributed by atoms with van der Waals surface area (Å²) >= 11 is 12.4. The molecule has 1 heterocycles. The molecule has 1 amide bonds. The lowest BCUT2D eigenvalue weighted by Gasteiger charge is -2.29. The molecule has 0 spiro atoms. The lowest BCUT2D eigenvalue weighted by Crippen LogP contribution is -2.36. The average molecular weight is 396 g/mol. The number of hydrogen-bond acceptors (Lipinski definition) is 6. The molecule has 0 saturated heterocycles. The normalized spacial score (nSPS) is 16.5. The van der Waals surface area contributed by atoms with Crippen LogP contribution in [0.1, 0.15) is 25.3 Å². The van der Waals surface area contributed by atoms with Gasteiger partial charge in [0, 0.05) is 6.92 Å². The number of carbonyl (C=O) groups is 2. The minimum absolute atomic E-state index is 0.105. The molecule has 1 aromatic carbocycles. The second-order valence-electron chi connectivity index (χ2n) is 5.33. The molecule has 0 bridgehead atoms. The SMILES string of the molecule is COC(=O)OC1=C(C)NC(NC(C)=O)=C(C#N)C1c1cccc(Cl)c1Cl. The predicted octanol–water partition coefficient (Wildman–Crippen LogP) is 3.57. The summed E-state index contributed by atoms with van der Waals surface area (Å²) in [6.45, 7) is 2.93. The van der Waals surface area contributed by atoms with Crippen LogP contribution < -0.4 is 10.6 Å². The summed E-state index contributed by atoms with van der Waals surface area (Å²) in [5.74, 6) is -0.947. The van der Waals surface area contributed by atoms with Crippen molar-refractivity contribution in [3.05, 3.63) is 56.7 Å². The largest absolute Gasteiger partial charge is 0.513 e. The van der Waals surface area contributed by atoms with Crippen molar-refractivity contribution in [1.29, 1.82) is 5.26 Å². The summed E-state index contributed by atoms with van der Waals surface area (Å²) in [7, 11) is 1.17. The van der Waals surface area contributed by atoms with Crippen molar-refractivity contribution in [3.63, 3.8) is 0 Å². The van der Waals surface area contributed by atoms with Gasteiger partial charge in [-0.05, 0) is 18.6 Å². The van der Waals surface area contributed by atoms with Crippen molar-refractivity contribution in [2.75, 3.05) is 7.11 Å². The van der Waals surface area contributed by atoms with E-state index in [2.05, 4.69) is 15.4 Å². The van der Waals surface area contributed by atoms with Crippen LogP contribution in [0.25, 0.3) is 0 Å². The Morgan fingerprint density at radius 1 is 1.35 bits per heavy atom. The van der Waals surface area contributed by atoms with Gasteiger partial charge in [-0.3, -0.25) is 4.79 Å². The highest BCUT2D eigenvalue weighted by Gasteiger charge is 2.35. The van der Waals surface area contributed by atoms with Crippen LogP contribution in [0.15, 0.2) is 41.0 Å². The van der Waals surface area contributed by atoms with Gasteiger partial charge in [-0.15, -0.1) is 0 Å². The maximum atomic E-state index is 11.7. The van der Waals surface area contributed by atoms with E-state index in [1.165, 1.54) is 14.0 Å². The van der Waals surface area contributed by atoms with Crippen LogP contribution >= 0.6 is 23.2 Å². The number of amides is 1. The van der Waals surface area contributed by atoms with Crippen molar-refractivity contribution < 1.29 is 19.1 Å². The Kier molecular flexibility index (Phi) is 6.14. The highest BCUT2D eigenvalue weighted by molar-refractivity contribution is 6.42. The number of benzene rings is 1. The number of methoxy groups -OCH3 is 1.